The molecule has 4 rings (SSSR count). The molecule has 0 radical (unpaired) electrons. The second kappa shape index (κ2) is 12.4. The Labute approximate surface area is 216 Å². The number of benzene rings is 3. The van der Waals surface area contributed by atoms with Crippen molar-refractivity contribution in [3.8, 4) is 17.2 Å². The molecule has 0 aliphatic carbocycles. The fraction of sp³-hybridized carbons (Fsp3) is 0.241. The average Bonchev–Trinajstić information content (AvgIpc) is 3.28. The molecule has 36 heavy (non-hydrogen) atoms. The van der Waals surface area contributed by atoms with Gasteiger partial charge in [0.15, 0.2) is 0 Å². The van der Waals surface area contributed by atoms with E-state index in [2.05, 4.69) is 10.3 Å². The molecule has 0 unspecified atom stereocenters. The molecule has 4 aromatic rings. The van der Waals surface area contributed by atoms with Gasteiger partial charge in [0.25, 0.3) is 0 Å². The van der Waals surface area contributed by atoms with Crippen molar-refractivity contribution in [3.63, 3.8) is 0 Å². The first-order chi connectivity index (χ1) is 17.5. The first-order valence-electron chi connectivity index (χ1n) is 11.8. The molecule has 0 fully saturated rings. The molecule has 0 aliphatic rings. The highest BCUT2D eigenvalue weighted by Crippen LogP contribution is 2.22. The average molecular weight is 505 g/mol. The number of aromatic nitrogens is 1. The van der Waals surface area contributed by atoms with Crippen LogP contribution >= 0.6 is 11.6 Å². The van der Waals surface area contributed by atoms with Gasteiger partial charge in [-0.25, -0.2) is 4.98 Å². The highest BCUT2D eigenvalue weighted by Gasteiger charge is 2.19. The molecule has 3 aromatic carbocycles. The number of methoxy groups -OCH3 is 1. The highest BCUT2D eigenvalue weighted by molar-refractivity contribution is 6.30. The van der Waals surface area contributed by atoms with Crippen molar-refractivity contribution in [2.24, 2.45) is 0 Å². The van der Waals surface area contributed by atoms with Gasteiger partial charge in [-0.1, -0.05) is 54.1 Å². The molecule has 0 saturated heterocycles. The van der Waals surface area contributed by atoms with Crippen LogP contribution in [0.3, 0.4) is 0 Å². The van der Waals surface area contributed by atoms with Crippen molar-refractivity contribution in [2.45, 2.75) is 32.4 Å². The molecule has 0 aliphatic heterocycles. The number of hydrogen-bond donors (Lipinski definition) is 1. The van der Waals surface area contributed by atoms with E-state index in [1.54, 1.807) is 0 Å². The van der Waals surface area contributed by atoms with Crippen LogP contribution in [0.1, 0.15) is 22.6 Å². The predicted molar refractivity (Wildman–Crippen MR) is 140 cm³/mol. The molecule has 0 saturated carbocycles. The maximum atomic E-state index is 12.3. The summed E-state index contributed by atoms with van der Waals surface area (Å²) in [5, 5.41) is 3.96. The number of halogens is 1. The van der Waals surface area contributed by atoms with E-state index in [-0.39, 0.29) is 5.97 Å². The largest absolute Gasteiger partial charge is 0.493 e. The van der Waals surface area contributed by atoms with Gasteiger partial charge in [-0.3, -0.25) is 4.79 Å². The Kier molecular flexibility index (Phi) is 8.76. The lowest BCUT2D eigenvalue weighted by atomic mass is 10.1. The number of ether oxygens (including phenoxy) is 2. The highest BCUT2D eigenvalue weighted by atomic mass is 35.5. The summed E-state index contributed by atoms with van der Waals surface area (Å²) in [6, 6.07) is 24.6. The van der Waals surface area contributed by atoms with Gasteiger partial charge < -0.3 is 19.2 Å². The normalized spacial score (nSPS) is 11.8. The molecule has 7 heteroatoms. The van der Waals surface area contributed by atoms with Gasteiger partial charge in [-0.15, -0.1) is 0 Å². The molecule has 1 heterocycles. The Morgan fingerprint density at radius 2 is 1.69 bits per heavy atom. The third-order valence-corrected chi connectivity index (χ3v) is 6.09. The zero-order valence-electron chi connectivity index (χ0n) is 20.4. The smallest absolute Gasteiger partial charge is 0.323 e. The van der Waals surface area contributed by atoms with E-state index in [0.717, 1.165) is 33.9 Å². The number of aryl methyl sites for hydroxylation is 1. The van der Waals surface area contributed by atoms with E-state index >= 15 is 0 Å². The molecule has 1 N–H and O–H groups in total. The van der Waals surface area contributed by atoms with Gasteiger partial charge in [-0.05, 0) is 60.9 Å². The summed E-state index contributed by atoms with van der Waals surface area (Å²) in [4.78, 5) is 16.9. The number of nitrogens with zero attached hydrogens (tertiary/aromatic N) is 1. The molecule has 186 valence electrons. The molecule has 0 bridgehead atoms. The van der Waals surface area contributed by atoms with Crippen molar-refractivity contribution in [1.29, 1.82) is 0 Å². The topological polar surface area (TPSA) is 73.6 Å². The first kappa shape index (κ1) is 25.5. The number of oxazole rings is 1. The fourth-order valence-corrected chi connectivity index (χ4v) is 3.94. The molecule has 6 nitrogen and oxygen atoms in total. The van der Waals surface area contributed by atoms with Gasteiger partial charge in [0, 0.05) is 23.6 Å². The van der Waals surface area contributed by atoms with Crippen LogP contribution in [0.25, 0.3) is 11.5 Å². The number of hydrogen-bond acceptors (Lipinski definition) is 6. The van der Waals surface area contributed by atoms with E-state index in [1.807, 2.05) is 85.8 Å². The third-order valence-electron chi connectivity index (χ3n) is 5.84. The van der Waals surface area contributed by atoms with Crippen molar-refractivity contribution in [3.05, 3.63) is 106 Å². The van der Waals surface area contributed by atoms with Crippen LogP contribution in [0.15, 0.2) is 83.3 Å². The minimum absolute atomic E-state index is 0.304. The van der Waals surface area contributed by atoms with Gasteiger partial charge >= 0.3 is 5.97 Å². The van der Waals surface area contributed by atoms with Gasteiger partial charge in [0.05, 0.1) is 19.4 Å². The number of carbonyl (C=O) groups is 1. The Balaban J connectivity index is 1.29. The Hall–Kier alpha value is -3.61. The van der Waals surface area contributed by atoms with Crippen LogP contribution in [-0.4, -0.2) is 30.7 Å². The SMILES string of the molecule is COC(=O)[C@H](Cc1ccc(OCCc2nc(-c3ccccc3)oc2C)cc1)NCc1ccc(Cl)cc1. The zero-order valence-corrected chi connectivity index (χ0v) is 21.1. The molecule has 1 aromatic heterocycles. The van der Waals surface area contributed by atoms with Crippen molar-refractivity contribution < 1.29 is 18.7 Å². The monoisotopic (exact) mass is 504 g/mol. The van der Waals surface area contributed by atoms with E-state index in [9.17, 15) is 4.79 Å². The van der Waals surface area contributed by atoms with Crippen molar-refractivity contribution >= 4 is 17.6 Å². The summed E-state index contributed by atoms with van der Waals surface area (Å²) in [6.45, 7) is 2.93. The molecule has 0 amide bonds. The predicted octanol–water partition coefficient (Wildman–Crippen LogP) is 5.80. The van der Waals surface area contributed by atoms with Crippen LogP contribution in [0.4, 0.5) is 0 Å². The van der Waals surface area contributed by atoms with Crippen LogP contribution < -0.4 is 10.1 Å². The van der Waals surface area contributed by atoms with E-state index < -0.39 is 6.04 Å². The van der Waals surface area contributed by atoms with Gasteiger partial charge in [0.1, 0.15) is 17.6 Å². The molecular formula is C29H29ClN2O4. The summed E-state index contributed by atoms with van der Waals surface area (Å²) in [5.41, 5.74) is 3.88. The maximum Gasteiger partial charge on any atom is 0.323 e. The second-order valence-corrected chi connectivity index (χ2v) is 8.85. The summed E-state index contributed by atoms with van der Waals surface area (Å²) in [5.74, 6) is 1.87. The lowest BCUT2D eigenvalue weighted by Gasteiger charge is -2.17. The summed E-state index contributed by atoms with van der Waals surface area (Å²) in [6.07, 6.45) is 1.14. The molecular weight excluding hydrogens is 476 g/mol. The number of nitrogens with one attached hydrogen (secondary N) is 1. The summed E-state index contributed by atoms with van der Waals surface area (Å²) in [7, 11) is 1.40. The van der Waals surface area contributed by atoms with Crippen molar-refractivity contribution in [1.82, 2.24) is 10.3 Å². The standard InChI is InChI=1S/C29H29ClN2O4/c1-20-26(32-28(36-20)23-6-4-3-5-7-23)16-17-35-25-14-10-21(11-15-25)18-27(29(33)34-2)31-19-22-8-12-24(30)13-9-22/h3-15,27,31H,16-19H2,1-2H3/t27-/m0/s1. The Morgan fingerprint density at radius 1 is 1.00 bits per heavy atom. The lowest BCUT2D eigenvalue weighted by molar-refractivity contribution is -0.143. The zero-order chi connectivity index (χ0) is 25.3. The van der Waals surface area contributed by atoms with Crippen LogP contribution in [0, 0.1) is 6.92 Å². The third kappa shape index (κ3) is 6.97. The first-order valence-corrected chi connectivity index (χ1v) is 12.2. The van der Waals surface area contributed by atoms with E-state index in [4.69, 9.17) is 25.5 Å². The Morgan fingerprint density at radius 3 is 2.39 bits per heavy atom. The number of carbonyl (C=O) groups excluding carboxylic acids is 1. The minimum atomic E-state index is -0.466. The van der Waals surface area contributed by atoms with E-state index in [1.165, 1.54) is 7.11 Å². The lowest BCUT2D eigenvalue weighted by Crippen LogP contribution is -2.39. The second-order valence-electron chi connectivity index (χ2n) is 8.42. The number of rotatable bonds is 11. The van der Waals surface area contributed by atoms with Gasteiger partial charge in [0.2, 0.25) is 5.89 Å². The molecule has 0 spiro atoms. The summed E-state index contributed by atoms with van der Waals surface area (Å²) < 4.78 is 16.7. The van der Waals surface area contributed by atoms with E-state index in [0.29, 0.717) is 36.9 Å². The summed E-state index contributed by atoms with van der Waals surface area (Å²) >= 11 is 5.95. The maximum absolute atomic E-state index is 12.3. The van der Waals surface area contributed by atoms with Crippen LogP contribution in [0.2, 0.25) is 5.02 Å². The van der Waals surface area contributed by atoms with Gasteiger partial charge in [-0.2, -0.15) is 0 Å². The van der Waals surface area contributed by atoms with Crippen LogP contribution in [0.5, 0.6) is 5.75 Å². The fourth-order valence-electron chi connectivity index (χ4n) is 3.81. The Bertz CT molecular complexity index is 1250. The molecule has 1 atom stereocenters. The van der Waals surface area contributed by atoms with Crippen LogP contribution in [-0.2, 0) is 28.9 Å². The van der Waals surface area contributed by atoms with Crippen molar-refractivity contribution in [2.75, 3.05) is 13.7 Å². The quantitative estimate of drug-likeness (QED) is 0.260. The minimum Gasteiger partial charge on any atom is -0.493 e. The number of esters is 1.